The van der Waals surface area contributed by atoms with Crippen LogP contribution in [0.3, 0.4) is 0 Å². The molecule has 0 atom stereocenters. The zero-order chi connectivity index (χ0) is 19.0. The van der Waals surface area contributed by atoms with Crippen LogP contribution in [0.1, 0.15) is 29.0 Å². The molecule has 140 valence electrons. The normalized spacial score (nSPS) is 14.4. The van der Waals surface area contributed by atoms with Crippen molar-refractivity contribution in [1.82, 2.24) is 19.6 Å². The Kier molecular flexibility index (Phi) is 4.45. The topological polar surface area (TPSA) is 93.1 Å². The first-order chi connectivity index (χ1) is 12.9. The van der Waals surface area contributed by atoms with Crippen LogP contribution in [-0.4, -0.2) is 29.9 Å². The standard InChI is InChI=1S/C19H20N4O3S/c1-23-17-5-3-2-4-16(17)21-18(23)12-20-19(24)13-6-10-15(11-7-13)27(25,26)22-14-8-9-14/h2-7,10-11,14,22H,8-9,12H2,1H3,(H,20,24). The second kappa shape index (κ2) is 6.79. The zero-order valence-corrected chi connectivity index (χ0v) is 15.7. The highest BCUT2D eigenvalue weighted by atomic mass is 32.2. The number of nitrogens with one attached hydrogen (secondary N) is 2. The number of carbonyl (C=O) groups excluding carboxylic acids is 1. The Labute approximate surface area is 157 Å². The van der Waals surface area contributed by atoms with Gasteiger partial charge in [-0.3, -0.25) is 4.79 Å². The molecule has 0 spiro atoms. The Morgan fingerprint density at radius 1 is 1.15 bits per heavy atom. The summed E-state index contributed by atoms with van der Waals surface area (Å²) in [6, 6.07) is 13.8. The monoisotopic (exact) mass is 384 g/mol. The van der Waals surface area contributed by atoms with Crippen molar-refractivity contribution in [3.63, 3.8) is 0 Å². The number of hydrogen-bond donors (Lipinski definition) is 2. The molecule has 8 heteroatoms. The number of imidazole rings is 1. The van der Waals surface area contributed by atoms with Crippen molar-refractivity contribution in [2.75, 3.05) is 0 Å². The van der Waals surface area contributed by atoms with Crippen LogP contribution in [-0.2, 0) is 23.6 Å². The van der Waals surface area contributed by atoms with Gasteiger partial charge in [-0.1, -0.05) is 12.1 Å². The number of fused-ring (bicyclic) bond motifs is 1. The van der Waals surface area contributed by atoms with E-state index in [9.17, 15) is 13.2 Å². The van der Waals surface area contributed by atoms with Crippen LogP contribution in [0.4, 0.5) is 0 Å². The molecule has 0 aliphatic heterocycles. The molecule has 1 fully saturated rings. The van der Waals surface area contributed by atoms with Gasteiger partial charge in [-0.15, -0.1) is 0 Å². The van der Waals surface area contributed by atoms with Crippen LogP contribution in [0.2, 0.25) is 0 Å². The summed E-state index contributed by atoms with van der Waals surface area (Å²) < 4.78 is 28.9. The number of amides is 1. The van der Waals surface area contributed by atoms with Crippen LogP contribution in [0.15, 0.2) is 53.4 Å². The summed E-state index contributed by atoms with van der Waals surface area (Å²) >= 11 is 0. The van der Waals surface area contributed by atoms with Gasteiger partial charge < -0.3 is 9.88 Å². The fraction of sp³-hybridized carbons (Fsp3) is 0.263. The van der Waals surface area contributed by atoms with Gasteiger partial charge in [0, 0.05) is 18.7 Å². The Morgan fingerprint density at radius 3 is 2.52 bits per heavy atom. The van der Waals surface area contributed by atoms with Crippen LogP contribution in [0.5, 0.6) is 0 Å². The molecule has 1 heterocycles. The van der Waals surface area contributed by atoms with Gasteiger partial charge in [-0.25, -0.2) is 18.1 Å². The van der Waals surface area contributed by atoms with E-state index in [-0.39, 0.29) is 23.4 Å². The highest BCUT2D eigenvalue weighted by Gasteiger charge is 2.27. The van der Waals surface area contributed by atoms with E-state index in [0.29, 0.717) is 5.56 Å². The average Bonchev–Trinajstić information content (AvgIpc) is 3.42. The van der Waals surface area contributed by atoms with Gasteiger partial charge in [0.15, 0.2) is 0 Å². The Bertz CT molecular complexity index is 1100. The average molecular weight is 384 g/mol. The quantitative estimate of drug-likeness (QED) is 0.679. The van der Waals surface area contributed by atoms with E-state index in [1.54, 1.807) is 0 Å². The predicted molar refractivity (Wildman–Crippen MR) is 102 cm³/mol. The number of sulfonamides is 1. The Morgan fingerprint density at radius 2 is 1.85 bits per heavy atom. The Hall–Kier alpha value is -2.71. The first-order valence-electron chi connectivity index (χ1n) is 8.75. The summed E-state index contributed by atoms with van der Waals surface area (Å²) in [6.45, 7) is 0.285. The number of rotatable bonds is 6. The van der Waals surface area contributed by atoms with E-state index in [1.165, 1.54) is 24.3 Å². The molecule has 0 unspecified atom stereocenters. The molecular formula is C19H20N4O3S. The van der Waals surface area contributed by atoms with E-state index in [0.717, 1.165) is 29.7 Å². The fourth-order valence-corrected chi connectivity index (χ4v) is 4.19. The second-order valence-corrected chi connectivity index (χ2v) is 8.39. The molecule has 1 aromatic heterocycles. The Balaban J connectivity index is 1.44. The second-order valence-electron chi connectivity index (χ2n) is 6.68. The van der Waals surface area contributed by atoms with Crippen LogP contribution in [0, 0.1) is 0 Å². The van der Waals surface area contributed by atoms with Crippen LogP contribution < -0.4 is 10.0 Å². The minimum Gasteiger partial charge on any atom is -0.345 e. The zero-order valence-electron chi connectivity index (χ0n) is 14.8. The van der Waals surface area contributed by atoms with Crippen molar-refractivity contribution < 1.29 is 13.2 Å². The third-order valence-corrected chi connectivity index (χ3v) is 6.15. The number of aromatic nitrogens is 2. The molecule has 0 saturated heterocycles. The molecule has 0 bridgehead atoms. The summed E-state index contributed by atoms with van der Waals surface area (Å²) in [5.41, 5.74) is 2.28. The smallest absolute Gasteiger partial charge is 0.251 e. The molecule has 3 aromatic rings. The lowest BCUT2D eigenvalue weighted by atomic mass is 10.2. The maximum Gasteiger partial charge on any atom is 0.251 e. The highest BCUT2D eigenvalue weighted by Crippen LogP contribution is 2.22. The summed E-state index contributed by atoms with van der Waals surface area (Å²) in [5.74, 6) is 0.471. The van der Waals surface area contributed by atoms with Gasteiger partial charge >= 0.3 is 0 Å². The molecule has 7 nitrogen and oxygen atoms in total. The molecule has 4 rings (SSSR count). The number of para-hydroxylation sites is 2. The first kappa shape index (κ1) is 17.7. The molecule has 1 aliphatic carbocycles. The van der Waals surface area contributed by atoms with Gasteiger partial charge in [-0.05, 0) is 49.2 Å². The van der Waals surface area contributed by atoms with Crippen molar-refractivity contribution in [2.45, 2.75) is 30.3 Å². The van der Waals surface area contributed by atoms with Gasteiger partial charge in [0.25, 0.3) is 5.91 Å². The lowest BCUT2D eigenvalue weighted by Gasteiger charge is -2.08. The maximum absolute atomic E-state index is 12.4. The van der Waals surface area contributed by atoms with E-state index >= 15 is 0 Å². The predicted octanol–water partition coefficient (Wildman–Crippen LogP) is 1.94. The van der Waals surface area contributed by atoms with Crippen molar-refractivity contribution >= 4 is 27.0 Å². The maximum atomic E-state index is 12.4. The van der Waals surface area contributed by atoms with Crippen LogP contribution >= 0.6 is 0 Å². The first-order valence-corrected chi connectivity index (χ1v) is 10.2. The molecule has 1 saturated carbocycles. The third-order valence-electron chi connectivity index (χ3n) is 4.61. The summed E-state index contributed by atoms with van der Waals surface area (Å²) in [5, 5.41) is 2.83. The highest BCUT2D eigenvalue weighted by molar-refractivity contribution is 7.89. The van der Waals surface area contributed by atoms with Gasteiger partial charge in [0.1, 0.15) is 5.82 Å². The van der Waals surface area contributed by atoms with Crippen molar-refractivity contribution in [3.05, 3.63) is 59.9 Å². The fourth-order valence-electron chi connectivity index (χ4n) is 2.89. The summed E-state index contributed by atoms with van der Waals surface area (Å²) in [6.07, 6.45) is 1.75. The van der Waals surface area contributed by atoms with Crippen molar-refractivity contribution in [3.8, 4) is 0 Å². The SMILES string of the molecule is Cn1c(CNC(=O)c2ccc(S(=O)(=O)NC3CC3)cc2)nc2ccccc21. The van der Waals surface area contributed by atoms with Gasteiger partial charge in [0.05, 0.1) is 22.5 Å². The summed E-state index contributed by atoms with van der Waals surface area (Å²) in [4.78, 5) is 17.1. The molecule has 27 heavy (non-hydrogen) atoms. The van der Waals surface area contributed by atoms with E-state index in [4.69, 9.17) is 0 Å². The van der Waals surface area contributed by atoms with Gasteiger partial charge in [-0.2, -0.15) is 0 Å². The number of carbonyl (C=O) groups is 1. The molecule has 0 radical (unpaired) electrons. The number of hydrogen-bond acceptors (Lipinski definition) is 4. The molecule has 2 N–H and O–H groups in total. The third kappa shape index (κ3) is 3.72. The van der Waals surface area contributed by atoms with E-state index in [1.807, 2.05) is 35.9 Å². The number of nitrogens with zero attached hydrogens (tertiary/aromatic N) is 2. The molecule has 1 aliphatic rings. The minimum absolute atomic E-state index is 0.0475. The van der Waals surface area contributed by atoms with Crippen molar-refractivity contribution in [1.29, 1.82) is 0 Å². The van der Waals surface area contributed by atoms with E-state index in [2.05, 4.69) is 15.0 Å². The number of aryl methyl sites for hydroxylation is 1. The van der Waals surface area contributed by atoms with Crippen molar-refractivity contribution in [2.24, 2.45) is 7.05 Å². The largest absolute Gasteiger partial charge is 0.345 e. The minimum atomic E-state index is -3.51. The molecular weight excluding hydrogens is 364 g/mol. The lowest BCUT2D eigenvalue weighted by Crippen LogP contribution is -2.26. The number of benzene rings is 2. The van der Waals surface area contributed by atoms with E-state index < -0.39 is 10.0 Å². The lowest BCUT2D eigenvalue weighted by molar-refractivity contribution is 0.0949. The summed E-state index contributed by atoms with van der Waals surface area (Å²) in [7, 11) is -1.60. The van der Waals surface area contributed by atoms with Gasteiger partial charge in [0.2, 0.25) is 10.0 Å². The van der Waals surface area contributed by atoms with Crippen LogP contribution in [0.25, 0.3) is 11.0 Å². The molecule has 2 aromatic carbocycles. The molecule has 1 amide bonds.